The SMILES string of the molecule is C=C(CC[C@]12O[C@H](C(=O)OC)[C@@](O)(C(=O)OC)[C@](C(=O)OC)(O1)[C@H](OC(=O)[C@H](O)c1ccccc1)[C@H]2OC(=O)[C@H](O)c1ccccc1)C(OC(=O)C(OC)c1ccccc1)C(C)Cc1ccccc1. The zero-order chi connectivity index (χ0) is 50.1. The summed E-state index contributed by atoms with van der Waals surface area (Å²) in [4.78, 5) is 84.9. The minimum Gasteiger partial charge on any atom is -0.467 e. The van der Waals surface area contributed by atoms with E-state index in [2.05, 4.69) is 6.58 Å². The van der Waals surface area contributed by atoms with Crippen LogP contribution in [0.25, 0.3) is 0 Å². The predicted octanol–water partition coefficient (Wildman–Crippen LogP) is 3.91. The Bertz CT molecular complexity index is 2450. The maximum atomic E-state index is 14.6. The van der Waals surface area contributed by atoms with Gasteiger partial charge in [0.2, 0.25) is 17.5 Å². The molecule has 2 bridgehead atoms. The largest absolute Gasteiger partial charge is 0.467 e. The van der Waals surface area contributed by atoms with E-state index in [1.807, 2.05) is 30.3 Å². The second kappa shape index (κ2) is 22.1. The average Bonchev–Trinajstić information content (AvgIpc) is 3.61. The Kier molecular flexibility index (Phi) is 16.5. The molecule has 2 aliphatic heterocycles. The molecule has 18 nitrogen and oxygen atoms in total. The van der Waals surface area contributed by atoms with Crippen LogP contribution in [-0.4, -0.2) is 121 Å². The van der Waals surface area contributed by atoms with Crippen LogP contribution in [0.1, 0.15) is 60.3 Å². The summed E-state index contributed by atoms with van der Waals surface area (Å²) >= 11 is 0. The van der Waals surface area contributed by atoms with Gasteiger partial charge in [0.15, 0.2) is 30.5 Å². The maximum Gasteiger partial charge on any atom is 0.346 e. The Morgan fingerprint density at radius 1 is 0.652 bits per heavy atom. The average molecular weight is 955 g/mol. The first-order chi connectivity index (χ1) is 33.0. The van der Waals surface area contributed by atoms with Crippen molar-refractivity contribution in [3.05, 3.63) is 156 Å². The highest BCUT2D eigenvalue weighted by Crippen LogP contribution is 2.58. The van der Waals surface area contributed by atoms with Gasteiger partial charge in [0.25, 0.3) is 5.60 Å². The lowest BCUT2D eigenvalue weighted by molar-refractivity contribution is -0.375. The van der Waals surface area contributed by atoms with Crippen molar-refractivity contribution in [3.8, 4) is 0 Å². The van der Waals surface area contributed by atoms with Crippen molar-refractivity contribution in [1.82, 2.24) is 0 Å². The van der Waals surface area contributed by atoms with Crippen LogP contribution < -0.4 is 0 Å². The lowest BCUT2D eigenvalue weighted by Crippen LogP contribution is -2.78. The van der Waals surface area contributed by atoms with Crippen LogP contribution in [0.2, 0.25) is 0 Å². The van der Waals surface area contributed by atoms with Crippen LogP contribution in [0.5, 0.6) is 0 Å². The Morgan fingerprint density at radius 3 is 1.61 bits per heavy atom. The molecule has 0 aromatic heterocycles. The number of methoxy groups -OCH3 is 4. The fraction of sp³-hybridized carbons (Fsp3) is 0.373. The predicted molar refractivity (Wildman–Crippen MR) is 239 cm³/mol. The molecule has 18 heteroatoms. The second-order valence-corrected chi connectivity index (χ2v) is 16.5. The highest BCUT2D eigenvalue weighted by molar-refractivity contribution is 5.99. The van der Waals surface area contributed by atoms with Crippen LogP contribution in [0.4, 0.5) is 0 Å². The minimum atomic E-state index is -3.70. The highest BCUT2D eigenvalue weighted by atomic mass is 16.8. The number of carbonyl (C=O) groups excluding carboxylic acids is 6. The van der Waals surface area contributed by atoms with Gasteiger partial charge < -0.3 is 58.0 Å². The number of rotatable bonds is 20. The van der Waals surface area contributed by atoms with Crippen molar-refractivity contribution < 1.29 is 86.7 Å². The first-order valence-electron chi connectivity index (χ1n) is 21.7. The van der Waals surface area contributed by atoms with Crippen molar-refractivity contribution in [3.63, 3.8) is 0 Å². The Hall–Kier alpha value is -6.80. The number of fused-ring (bicyclic) bond motifs is 2. The number of carbonyl (C=O) groups is 6. The summed E-state index contributed by atoms with van der Waals surface area (Å²) in [5.41, 5.74) is -5.63. The zero-order valence-corrected chi connectivity index (χ0v) is 38.5. The molecule has 0 aliphatic carbocycles. The molecular weight excluding hydrogens is 901 g/mol. The van der Waals surface area contributed by atoms with Crippen LogP contribution in [0, 0.1) is 5.92 Å². The van der Waals surface area contributed by atoms with Crippen molar-refractivity contribution >= 4 is 35.8 Å². The molecular formula is C51H54O18. The third kappa shape index (κ3) is 10.2. The van der Waals surface area contributed by atoms with Gasteiger partial charge in [0, 0.05) is 19.4 Å². The normalized spacial score (nSPS) is 24.8. The quantitative estimate of drug-likeness (QED) is 0.0646. The molecule has 0 amide bonds. The van der Waals surface area contributed by atoms with Crippen molar-refractivity contribution in [2.75, 3.05) is 28.4 Å². The summed E-state index contributed by atoms with van der Waals surface area (Å²) < 4.78 is 51.3. The van der Waals surface area contributed by atoms with E-state index < -0.39 is 108 Å². The Labute approximate surface area is 397 Å². The number of aliphatic hydroxyl groups is 3. The van der Waals surface area contributed by atoms with E-state index in [0.29, 0.717) is 12.0 Å². The van der Waals surface area contributed by atoms with Crippen molar-refractivity contribution in [2.45, 2.75) is 85.9 Å². The summed E-state index contributed by atoms with van der Waals surface area (Å²) in [6.07, 6.45) is -14.7. The summed E-state index contributed by atoms with van der Waals surface area (Å²) in [5.74, 6) is -12.0. The molecule has 0 spiro atoms. The molecule has 6 rings (SSSR count). The first-order valence-corrected chi connectivity index (χ1v) is 21.7. The molecule has 2 heterocycles. The fourth-order valence-corrected chi connectivity index (χ4v) is 8.73. The van der Waals surface area contributed by atoms with Crippen molar-refractivity contribution in [2.24, 2.45) is 5.92 Å². The van der Waals surface area contributed by atoms with Gasteiger partial charge in [-0.2, -0.15) is 0 Å². The van der Waals surface area contributed by atoms with E-state index in [1.165, 1.54) is 55.6 Å². The van der Waals surface area contributed by atoms with Gasteiger partial charge in [-0.3, -0.25) is 0 Å². The first kappa shape index (κ1) is 51.6. The number of esters is 6. The van der Waals surface area contributed by atoms with Gasteiger partial charge in [-0.1, -0.05) is 135 Å². The van der Waals surface area contributed by atoms with E-state index in [0.717, 1.165) is 26.9 Å². The van der Waals surface area contributed by atoms with E-state index in [9.17, 15) is 44.1 Å². The third-order valence-electron chi connectivity index (χ3n) is 12.2. The second-order valence-electron chi connectivity index (χ2n) is 16.5. The van der Waals surface area contributed by atoms with Crippen LogP contribution in [-0.2, 0) is 77.8 Å². The summed E-state index contributed by atoms with van der Waals surface area (Å²) in [5, 5.41) is 35.4. The maximum absolute atomic E-state index is 14.6. The molecule has 3 unspecified atom stereocenters. The van der Waals surface area contributed by atoms with Gasteiger partial charge in [0.1, 0.15) is 6.10 Å². The third-order valence-corrected chi connectivity index (χ3v) is 12.2. The summed E-state index contributed by atoms with van der Waals surface area (Å²) in [6, 6.07) is 32.6. The number of benzene rings is 4. The molecule has 2 saturated heterocycles. The van der Waals surface area contributed by atoms with Crippen LogP contribution in [0.15, 0.2) is 133 Å². The molecule has 2 fully saturated rings. The highest BCUT2D eigenvalue weighted by Gasteiger charge is 2.87. The van der Waals surface area contributed by atoms with E-state index in [-0.39, 0.29) is 23.1 Å². The molecule has 4 aromatic rings. The fourth-order valence-electron chi connectivity index (χ4n) is 8.73. The number of ether oxygens (including phenoxy) is 9. The van der Waals surface area contributed by atoms with Crippen LogP contribution in [0.3, 0.4) is 0 Å². The van der Waals surface area contributed by atoms with Gasteiger partial charge in [-0.25, -0.2) is 28.8 Å². The molecule has 4 aromatic carbocycles. The molecule has 0 saturated carbocycles. The Balaban J connectivity index is 1.51. The zero-order valence-electron chi connectivity index (χ0n) is 38.5. The topological polar surface area (TPSA) is 246 Å². The van der Waals surface area contributed by atoms with Gasteiger partial charge in [-0.15, -0.1) is 0 Å². The monoisotopic (exact) mass is 954 g/mol. The lowest BCUT2D eigenvalue weighted by Gasteiger charge is -2.49. The number of hydrogen-bond acceptors (Lipinski definition) is 18. The number of hydrogen-bond donors (Lipinski definition) is 3. The summed E-state index contributed by atoms with van der Waals surface area (Å²) in [6.45, 7) is 6.08. The molecule has 366 valence electrons. The van der Waals surface area contributed by atoms with Gasteiger partial charge >= 0.3 is 35.8 Å². The summed E-state index contributed by atoms with van der Waals surface area (Å²) in [7, 11) is 3.82. The molecule has 2 aliphatic rings. The van der Waals surface area contributed by atoms with E-state index in [4.69, 9.17) is 42.6 Å². The lowest BCUT2D eigenvalue weighted by atomic mass is 9.74. The van der Waals surface area contributed by atoms with Gasteiger partial charge in [-0.05, 0) is 40.7 Å². The van der Waals surface area contributed by atoms with Crippen molar-refractivity contribution in [1.29, 1.82) is 0 Å². The standard InChI is InChI=1S/C51H54O18/c1-30(38(31(2)29-32-19-11-7-12-20-32)65-45(56)39(61-3)35-25-17-10-18-26-35)27-28-49-40(66-43(54)36(52)33-21-13-8-14-22-33)41(67-44(55)37(53)34-23-15-9-16-24-34)51(69-49,48(59)64-6)50(60,47(58)63-5)42(68-49)46(57)62-4/h7-26,31,36-42,52-53,60H,1,27-29H2,2-6H3/t31?,36-,37-,38?,39?,40-,41-,42-,49+,50-,51+/m1/s1. The minimum absolute atomic E-state index is 0.0175. The smallest absolute Gasteiger partial charge is 0.346 e. The Morgan fingerprint density at radius 2 is 1.13 bits per heavy atom. The van der Waals surface area contributed by atoms with E-state index in [1.54, 1.807) is 49.4 Å². The number of aliphatic hydroxyl groups excluding tert-OH is 2. The van der Waals surface area contributed by atoms with Crippen LogP contribution >= 0.6 is 0 Å². The van der Waals surface area contributed by atoms with E-state index >= 15 is 0 Å². The molecule has 0 radical (unpaired) electrons. The van der Waals surface area contributed by atoms with Gasteiger partial charge in [0.05, 0.1) is 21.3 Å². The molecule has 11 atom stereocenters. The molecule has 69 heavy (non-hydrogen) atoms. The molecule has 3 N–H and O–H groups in total.